The number of nitrogens with zero attached hydrogens (tertiary/aromatic N) is 5. The van der Waals surface area contributed by atoms with Crippen LogP contribution in [0.25, 0.3) is 11.2 Å². The first-order valence-electron chi connectivity index (χ1n) is 9.94. The van der Waals surface area contributed by atoms with E-state index in [1.54, 1.807) is 0 Å². The van der Waals surface area contributed by atoms with Gasteiger partial charge in [0.05, 0.1) is 12.9 Å². The number of aliphatic hydroxyl groups is 2. The Morgan fingerprint density at radius 2 is 2.10 bits per heavy atom. The lowest BCUT2D eigenvalue weighted by Gasteiger charge is -2.25. The summed E-state index contributed by atoms with van der Waals surface area (Å²) in [6, 6.07) is -1.00. The van der Waals surface area contributed by atoms with Crippen LogP contribution < -0.4 is 11.5 Å². The van der Waals surface area contributed by atoms with Crippen molar-refractivity contribution in [1.29, 1.82) is 0 Å². The van der Waals surface area contributed by atoms with Gasteiger partial charge in [-0.2, -0.15) is 0 Å². The van der Waals surface area contributed by atoms with Gasteiger partial charge in [-0.05, 0) is 6.42 Å². The van der Waals surface area contributed by atoms with E-state index in [-0.39, 0.29) is 18.8 Å². The zero-order valence-electron chi connectivity index (χ0n) is 17.1. The molecule has 0 bridgehead atoms. The predicted octanol–water partition coefficient (Wildman–Crippen LogP) is -1.45. The number of ether oxygens (including phenoxy) is 1. The van der Waals surface area contributed by atoms with Crippen LogP contribution in [0.2, 0.25) is 0 Å². The van der Waals surface area contributed by atoms with Gasteiger partial charge in [-0.1, -0.05) is 12.8 Å². The highest BCUT2D eigenvalue weighted by molar-refractivity contribution is 5.81. The van der Waals surface area contributed by atoms with E-state index in [2.05, 4.69) is 26.8 Å². The molecule has 5 atom stereocenters. The molecule has 0 aromatic carbocycles. The van der Waals surface area contributed by atoms with Gasteiger partial charge >= 0.3 is 5.97 Å². The Morgan fingerprint density at radius 1 is 1.32 bits per heavy atom. The summed E-state index contributed by atoms with van der Waals surface area (Å²) in [7, 11) is 0. The van der Waals surface area contributed by atoms with Crippen molar-refractivity contribution >= 4 is 23.0 Å². The largest absolute Gasteiger partial charge is 0.480 e. The number of imidazole rings is 1. The van der Waals surface area contributed by atoms with Gasteiger partial charge in [0.2, 0.25) is 0 Å². The van der Waals surface area contributed by atoms with Crippen LogP contribution in [0.15, 0.2) is 12.7 Å². The average molecular weight is 433 g/mol. The quantitative estimate of drug-likeness (QED) is 0.306. The van der Waals surface area contributed by atoms with E-state index in [1.165, 1.54) is 17.2 Å². The fraction of sp³-hybridized carbons (Fsp3) is 0.579. The zero-order valence-corrected chi connectivity index (χ0v) is 17.1. The highest BCUT2D eigenvalue weighted by Crippen LogP contribution is 2.32. The minimum atomic E-state index is -1.23. The molecule has 7 N–H and O–H groups in total. The van der Waals surface area contributed by atoms with E-state index in [0.29, 0.717) is 30.7 Å². The van der Waals surface area contributed by atoms with Crippen molar-refractivity contribution < 1.29 is 24.9 Å². The lowest BCUT2D eigenvalue weighted by atomic mass is 10.1. The first-order valence-corrected chi connectivity index (χ1v) is 9.94. The molecule has 0 amide bonds. The topological polar surface area (TPSA) is 186 Å². The first kappa shape index (κ1) is 22.9. The Morgan fingerprint density at radius 3 is 2.81 bits per heavy atom. The van der Waals surface area contributed by atoms with Gasteiger partial charge in [-0.3, -0.25) is 14.3 Å². The van der Waals surface area contributed by atoms with Crippen molar-refractivity contribution in [3.05, 3.63) is 12.7 Å². The van der Waals surface area contributed by atoms with Gasteiger partial charge in [0.1, 0.15) is 36.2 Å². The van der Waals surface area contributed by atoms with Crippen molar-refractivity contribution in [2.24, 2.45) is 5.73 Å². The fourth-order valence-electron chi connectivity index (χ4n) is 3.39. The highest BCUT2D eigenvalue weighted by atomic mass is 16.6. The van der Waals surface area contributed by atoms with E-state index in [1.807, 2.05) is 11.8 Å². The molecule has 3 heterocycles. The molecule has 0 unspecified atom stereocenters. The summed E-state index contributed by atoms with van der Waals surface area (Å²) in [5.41, 5.74) is 12.2. The molecule has 1 aliphatic heterocycles. The molecule has 12 nitrogen and oxygen atoms in total. The number of carbonyl (C=O) groups is 1. The SMILES string of the molecule is CCC#CCN(CC[C@H](N)C(=O)O)C[C@H]1O[C@@H](n2cnc3c(N)ncnc32)[C@H](O)[C@@H]1O. The van der Waals surface area contributed by atoms with Gasteiger partial charge in [0.15, 0.2) is 17.7 Å². The third-order valence-electron chi connectivity index (χ3n) is 5.11. The van der Waals surface area contributed by atoms with Crippen LogP contribution in [0.1, 0.15) is 26.0 Å². The molecule has 3 rings (SSSR count). The summed E-state index contributed by atoms with van der Waals surface area (Å²) in [5.74, 6) is 5.07. The van der Waals surface area contributed by atoms with Gasteiger partial charge in [0, 0.05) is 19.5 Å². The minimum Gasteiger partial charge on any atom is -0.480 e. The number of aliphatic carboxylic acids is 1. The van der Waals surface area contributed by atoms with E-state index in [9.17, 15) is 15.0 Å². The summed E-state index contributed by atoms with van der Waals surface area (Å²) in [4.78, 5) is 25.1. The van der Waals surface area contributed by atoms with Crippen molar-refractivity contribution in [3.8, 4) is 11.8 Å². The number of fused-ring (bicyclic) bond motifs is 1. The van der Waals surface area contributed by atoms with Crippen molar-refractivity contribution in [2.75, 3.05) is 25.4 Å². The highest BCUT2D eigenvalue weighted by Gasteiger charge is 2.44. The van der Waals surface area contributed by atoms with Crippen LogP contribution in [-0.2, 0) is 9.53 Å². The lowest BCUT2D eigenvalue weighted by Crippen LogP contribution is -2.42. The third kappa shape index (κ3) is 5.09. The number of carboxylic acid groups (broad SMARTS) is 1. The third-order valence-corrected chi connectivity index (χ3v) is 5.11. The molecule has 31 heavy (non-hydrogen) atoms. The summed E-state index contributed by atoms with van der Waals surface area (Å²) < 4.78 is 7.46. The number of hydrogen-bond acceptors (Lipinski definition) is 10. The number of anilines is 1. The number of hydrogen-bond donors (Lipinski definition) is 5. The number of nitrogens with two attached hydrogens (primary N) is 2. The fourth-order valence-corrected chi connectivity index (χ4v) is 3.39. The summed E-state index contributed by atoms with van der Waals surface area (Å²) in [6.45, 7) is 2.85. The maximum absolute atomic E-state index is 11.0. The molecule has 1 saturated heterocycles. The number of aliphatic hydroxyl groups excluding tert-OH is 2. The second kappa shape index (κ2) is 9.99. The van der Waals surface area contributed by atoms with Gasteiger partial charge in [-0.25, -0.2) is 15.0 Å². The summed E-state index contributed by atoms with van der Waals surface area (Å²) >= 11 is 0. The smallest absolute Gasteiger partial charge is 0.320 e. The van der Waals surface area contributed by atoms with Crippen LogP contribution in [-0.4, -0.2) is 89.7 Å². The van der Waals surface area contributed by atoms with Crippen molar-refractivity contribution in [3.63, 3.8) is 0 Å². The average Bonchev–Trinajstić information content (AvgIpc) is 3.29. The first-order chi connectivity index (χ1) is 14.8. The Kier molecular flexibility index (Phi) is 7.37. The monoisotopic (exact) mass is 433 g/mol. The lowest BCUT2D eigenvalue weighted by molar-refractivity contribution is -0.138. The molecule has 1 aliphatic rings. The number of nitrogen functional groups attached to an aromatic ring is 1. The van der Waals surface area contributed by atoms with E-state index >= 15 is 0 Å². The van der Waals surface area contributed by atoms with Crippen LogP contribution >= 0.6 is 0 Å². The summed E-state index contributed by atoms with van der Waals surface area (Å²) in [5, 5.41) is 30.2. The molecule has 0 saturated carbocycles. The summed E-state index contributed by atoms with van der Waals surface area (Å²) in [6.07, 6.45) is -0.491. The molecular formula is C19H27N7O5. The molecule has 0 spiro atoms. The molecule has 0 aliphatic carbocycles. The Labute approximate surface area is 178 Å². The predicted molar refractivity (Wildman–Crippen MR) is 110 cm³/mol. The Balaban J connectivity index is 1.74. The Hall–Kier alpha value is -2.82. The minimum absolute atomic E-state index is 0.198. The Bertz CT molecular complexity index is 971. The standard InChI is InChI=1S/C19H27N7O5/c1-2-3-4-6-25(7-5-11(20)19(29)30)8-12-14(27)15(28)18(31-12)26-10-24-13-16(21)22-9-23-17(13)26/h9-12,14-15,18,27-28H,2,5-8,20H2,1H3,(H,29,30)(H2,21,22,23)/t11-,12+,14+,15+,18+/m0/s1. The molecular weight excluding hydrogens is 406 g/mol. The molecule has 1 fully saturated rings. The van der Waals surface area contributed by atoms with Crippen LogP contribution in [0.3, 0.4) is 0 Å². The van der Waals surface area contributed by atoms with Crippen LogP contribution in [0, 0.1) is 11.8 Å². The molecule has 2 aromatic rings. The van der Waals surface area contributed by atoms with Crippen LogP contribution in [0.4, 0.5) is 5.82 Å². The normalized spacial score (nSPS) is 24.3. The number of aromatic nitrogens is 4. The van der Waals surface area contributed by atoms with E-state index in [4.69, 9.17) is 21.3 Å². The maximum atomic E-state index is 11.0. The molecule has 2 aromatic heterocycles. The number of rotatable bonds is 8. The van der Waals surface area contributed by atoms with E-state index in [0.717, 1.165) is 0 Å². The zero-order chi connectivity index (χ0) is 22.5. The van der Waals surface area contributed by atoms with Gasteiger partial charge in [0.25, 0.3) is 0 Å². The second-order valence-electron chi connectivity index (χ2n) is 7.30. The van der Waals surface area contributed by atoms with Crippen LogP contribution in [0.5, 0.6) is 0 Å². The van der Waals surface area contributed by atoms with E-state index < -0.39 is 36.6 Å². The second-order valence-corrected chi connectivity index (χ2v) is 7.30. The van der Waals surface area contributed by atoms with Crippen molar-refractivity contribution in [1.82, 2.24) is 24.4 Å². The molecule has 0 radical (unpaired) electrons. The number of carboxylic acids is 1. The molecule has 12 heteroatoms. The van der Waals surface area contributed by atoms with Gasteiger partial charge in [-0.15, -0.1) is 5.92 Å². The van der Waals surface area contributed by atoms with Gasteiger partial charge < -0.3 is 31.5 Å². The molecule has 168 valence electrons. The van der Waals surface area contributed by atoms with Crippen molar-refractivity contribution in [2.45, 2.75) is 50.3 Å². The maximum Gasteiger partial charge on any atom is 0.320 e.